The molecule has 0 unspecified atom stereocenters. The third kappa shape index (κ3) is 5.27. The lowest BCUT2D eigenvalue weighted by Gasteiger charge is -2.33. The molecular formula is C19H22Cl2N2O5S2. The number of halogens is 2. The van der Waals surface area contributed by atoms with Crippen LogP contribution in [0.4, 0.5) is 0 Å². The summed E-state index contributed by atoms with van der Waals surface area (Å²) >= 11 is 11.8. The van der Waals surface area contributed by atoms with Gasteiger partial charge in [-0.2, -0.15) is 4.31 Å². The van der Waals surface area contributed by atoms with Gasteiger partial charge in [-0.15, -0.1) is 0 Å². The molecule has 0 aromatic heterocycles. The van der Waals surface area contributed by atoms with Gasteiger partial charge in [0.2, 0.25) is 10.0 Å². The Balaban J connectivity index is 1.59. The van der Waals surface area contributed by atoms with Gasteiger partial charge in [0.25, 0.3) is 0 Å². The van der Waals surface area contributed by atoms with Crippen molar-refractivity contribution in [2.24, 2.45) is 0 Å². The molecule has 0 radical (unpaired) electrons. The number of ether oxygens (including phenoxy) is 1. The van der Waals surface area contributed by atoms with Gasteiger partial charge in [-0.3, -0.25) is 4.90 Å². The first-order valence-electron chi connectivity index (χ1n) is 9.18. The Morgan fingerprint density at radius 3 is 2.23 bits per heavy atom. The number of rotatable bonds is 7. The predicted octanol–water partition coefficient (Wildman–Crippen LogP) is 2.78. The maximum Gasteiger partial charge on any atom is 0.243 e. The first-order valence-corrected chi connectivity index (χ1v) is 13.0. The van der Waals surface area contributed by atoms with Crippen molar-refractivity contribution in [3.8, 4) is 5.75 Å². The van der Waals surface area contributed by atoms with Crippen molar-refractivity contribution in [2.45, 2.75) is 9.79 Å². The molecule has 11 heteroatoms. The quantitative estimate of drug-likeness (QED) is 0.590. The second-order valence-corrected chi connectivity index (χ2v) is 11.7. The Morgan fingerprint density at radius 2 is 1.60 bits per heavy atom. The Labute approximate surface area is 187 Å². The fourth-order valence-corrected chi connectivity index (χ4v) is 6.27. The number of nitrogens with zero attached hydrogens (tertiary/aromatic N) is 2. The second kappa shape index (κ2) is 9.42. The lowest BCUT2D eigenvalue weighted by Crippen LogP contribution is -2.49. The van der Waals surface area contributed by atoms with Crippen molar-refractivity contribution >= 4 is 43.1 Å². The van der Waals surface area contributed by atoms with Crippen molar-refractivity contribution < 1.29 is 21.6 Å². The van der Waals surface area contributed by atoms with Crippen LogP contribution in [0.1, 0.15) is 0 Å². The maximum atomic E-state index is 12.8. The number of hydrogen-bond donors (Lipinski definition) is 0. The van der Waals surface area contributed by atoms with Crippen LogP contribution in [0.25, 0.3) is 0 Å². The van der Waals surface area contributed by atoms with E-state index in [4.69, 9.17) is 27.9 Å². The van der Waals surface area contributed by atoms with E-state index >= 15 is 0 Å². The minimum atomic E-state index is -3.69. The second-order valence-electron chi connectivity index (χ2n) is 6.82. The van der Waals surface area contributed by atoms with E-state index in [1.165, 1.54) is 35.7 Å². The van der Waals surface area contributed by atoms with Gasteiger partial charge in [-0.05, 0) is 36.4 Å². The van der Waals surface area contributed by atoms with E-state index in [1.807, 2.05) is 4.90 Å². The van der Waals surface area contributed by atoms with Crippen LogP contribution in [0.15, 0.2) is 52.3 Å². The van der Waals surface area contributed by atoms with Crippen LogP contribution < -0.4 is 4.74 Å². The minimum Gasteiger partial charge on any atom is -0.497 e. The average Bonchev–Trinajstić information content (AvgIpc) is 2.74. The van der Waals surface area contributed by atoms with Crippen LogP contribution in [0.2, 0.25) is 10.0 Å². The Kier molecular flexibility index (Phi) is 7.32. The van der Waals surface area contributed by atoms with E-state index in [2.05, 4.69) is 0 Å². The Bertz CT molecular complexity index is 1120. The van der Waals surface area contributed by atoms with Crippen molar-refractivity contribution in [1.82, 2.24) is 9.21 Å². The van der Waals surface area contributed by atoms with Crippen molar-refractivity contribution in [3.63, 3.8) is 0 Å². The van der Waals surface area contributed by atoms with Crippen LogP contribution >= 0.6 is 23.2 Å². The number of benzene rings is 2. The summed E-state index contributed by atoms with van der Waals surface area (Å²) in [6.07, 6.45) is 0. The highest BCUT2D eigenvalue weighted by molar-refractivity contribution is 7.91. The zero-order valence-corrected chi connectivity index (χ0v) is 19.4. The number of sulfone groups is 1. The van der Waals surface area contributed by atoms with Crippen LogP contribution in [0.3, 0.4) is 0 Å². The van der Waals surface area contributed by atoms with Gasteiger partial charge in [0.05, 0.1) is 32.7 Å². The monoisotopic (exact) mass is 492 g/mol. The van der Waals surface area contributed by atoms with E-state index in [0.29, 0.717) is 25.4 Å². The number of sulfonamides is 1. The Hall–Kier alpha value is -1.36. The van der Waals surface area contributed by atoms with Gasteiger partial charge in [0, 0.05) is 32.7 Å². The molecule has 0 spiro atoms. The molecule has 30 heavy (non-hydrogen) atoms. The molecule has 0 bridgehead atoms. The summed E-state index contributed by atoms with van der Waals surface area (Å²) in [6.45, 7) is 1.73. The van der Waals surface area contributed by atoms with E-state index in [1.54, 1.807) is 18.2 Å². The van der Waals surface area contributed by atoms with E-state index < -0.39 is 19.9 Å². The smallest absolute Gasteiger partial charge is 0.243 e. The van der Waals surface area contributed by atoms with E-state index in [-0.39, 0.29) is 38.7 Å². The summed E-state index contributed by atoms with van der Waals surface area (Å²) in [4.78, 5) is 2.24. The molecule has 1 heterocycles. The molecule has 1 fully saturated rings. The molecule has 0 saturated carbocycles. The molecule has 0 aliphatic carbocycles. The van der Waals surface area contributed by atoms with Crippen molar-refractivity contribution in [1.29, 1.82) is 0 Å². The van der Waals surface area contributed by atoms with Gasteiger partial charge < -0.3 is 4.74 Å². The Morgan fingerprint density at radius 1 is 0.900 bits per heavy atom. The van der Waals surface area contributed by atoms with Crippen LogP contribution in [-0.4, -0.2) is 71.6 Å². The average molecular weight is 493 g/mol. The zero-order valence-electron chi connectivity index (χ0n) is 16.3. The van der Waals surface area contributed by atoms with Crippen molar-refractivity contribution in [2.75, 3.05) is 45.6 Å². The normalized spacial score (nSPS) is 16.5. The molecule has 1 aliphatic rings. The lowest BCUT2D eigenvalue weighted by atomic mass is 10.3. The van der Waals surface area contributed by atoms with Crippen molar-refractivity contribution in [3.05, 3.63) is 52.5 Å². The van der Waals surface area contributed by atoms with Gasteiger partial charge in [0.15, 0.2) is 9.84 Å². The third-order valence-electron chi connectivity index (χ3n) is 4.94. The topological polar surface area (TPSA) is 84.0 Å². The molecule has 1 aliphatic heterocycles. The number of piperazine rings is 1. The highest BCUT2D eigenvalue weighted by atomic mass is 35.5. The zero-order chi connectivity index (χ0) is 21.9. The first kappa shape index (κ1) is 23.3. The molecule has 2 aromatic rings. The molecule has 0 amide bonds. The van der Waals surface area contributed by atoms with Gasteiger partial charge in [-0.1, -0.05) is 29.3 Å². The fraction of sp³-hybridized carbons (Fsp3) is 0.368. The van der Waals surface area contributed by atoms with Gasteiger partial charge in [0.1, 0.15) is 5.75 Å². The summed E-state index contributed by atoms with van der Waals surface area (Å²) in [5.41, 5.74) is 0. The molecule has 164 valence electrons. The highest BCUT2D eigenvalue weighted by Gasteiger charge is 2.29. The van der Waals surface area contributed by atoms with Crippen LogP contribution in [-0.2, 0) is 19.9 Å². The first-order chi connectivity index (χ1) is 14.1. The van der Waals surface area contributed by atoms with Gasteiger partial charge >= 0.3 is 0 Å². The molecular weight excluding hydrogens is 471 g/mol. The molecule has 0 atom stereocenters. The molecule has 0 N–H and O–H groups in total. The third-order valence-corrected chi connectivity index (χ3v) is 9.26. The van der Waals surface area contributed by atoms with E-state index in [0.717, 1.165) is 0 Å². The number of methoxy groups -OCH3 is 1. The fourth-order valence-electron chi connectivity index (χ4n) is 3.14. The standard InChI is InChI=1S/C19H22Cl2N2O5S2/c1-28-15-3-2-4-16(13-15)29(24,25)12-11-22-7-9-23(10-8-22)30(26,27)17-5-6-18(20)19(21)14-17/h2-6,13-14H,7-12H2,1H3. The SMILES string of the molecule is COc1cccc(S(=O)(=O)CCN2CCN(S(=O)(=O)c3ccc(Cl)c(Cl)c3)CC2)c1. The summed E-state index contributed by atoms with van der Waals surface area (Å²) in [7, 11) is -5.67. The maximum absolute atomic E-state index is 12.8. The molecule has 7 nitrogen and oxygen atoms in total. The highest BCUT2D eigenvalue weighted by Crippen LogP contribution is 2.27. The van der Waals surface area contributed by atoms with E-state index in [9.17, 15) is 16.8 Å². The molecule has 2 aromatic carbocycles. The minimum absolute atomic E-state index is 0.0558. The van der Waals surface area contributed by atoms with Gasteiger partial charge in [-0.25, -0.2) is 16.8 Å². The van der Waals surface area contributed by atoms with Crippen LogP contribution in [0.5, 0.6) is 5.75 Å². The van der Waals surface area contributed by atoms with Crippen LogP contribution in [0, 0.1) is 0 Å². The largest absolute Gasteiger partial charge is 0.497 e. The molecule has 3 rings (SSSR count). The predicted molar refractivity (Wildman–Crippen MR) is 117 cm³/mol. The molecule has 1 saturated heterocycles. The summed E-state index contributed by atoms with van der Waals surface area (Å²) in [6, 6.07) is 10.6. The summed E-state index contributed by atoms with van der Waals surface area (Å²) < 4.78 is 57.3. The number of hydrogen-bond acceptors (Lipinski definition) is 6. The summed E-state index contributed by atoms with van der Waals surface area (Å²) in [5, 5.41) is 0.469. The summed E-state index contributed by atoms with van der Waals surface area (Å²) in [5.74, 6) is 0.428. The lowest BCUT2D eigenvalue weighted by molar-refractivity contribution is 0.197.